The minimum atomic E-state index is -0.458. The zero-order chi connectivity index (χ0) is 16.6. The van der Waals surface area contributed by atoms with Gasteiger partial charge in [0.2, 0.25) is 0 Å². The molecule has 0 atom stereocenters. The molecule has 0 aromatic carbocycles. The summed E-state index contributed by atoms with van der Waals surface area (Å²) in [6, 6.07) is 0. The molecule has 0 bridgehead atoms. The molecule has 6 nitrogen and oxygen atoms in total. The predicted molar refractivity (Wildman–Crippen MR) is 68.1 cm³/mol. The molecule has 0 fully saturated rings. The fourth-order valence-electron chi connectivity index (χ4n) is 1.49. The molecule has 0 heterocycles. The maximum Gasteiger partial charge on any atom is 2.00 e. The largest absolute Gasteiger partial charge is 2.00 e. The Morgan fingerprint density at radius 3 is 0.667 bits per heavy atom. The molecule has 0 aromatic heterocycles. The van der Waals surface area contributed by atoms with Gasteiger partial charge < -0.3 is 10.2 Å². The van der Waals surface area contributed by atoms with E-state index >= 15 is 0 Å². The quantitative estimate of drug-likeness (QED) is 0.213. The summed E-state index contributed by atoms with van der Waals surface area (Å²) in [7, 11) is 0. The molecule has 0 unspecified atom stereocenters. The van der Waals surface area contributed by atoms with Gasteiger partial charge in [-0.2, -0.15) is 0 Å². The number of hydrogen-bond donors (Lipinski definition) is 0. The van der Waals surface area contributed by atoms with Crippen LogP contribution in [0.5, 0.6) is 0 Å². The van der Waals surface area contributed by atoms with Crippen molar-refractivity contribution in [2.45, 2.75) is 41.5 Å². The van der Waals surface area contributed by atoms with Crippen molar-refractivity contribution >= 4 is 23.1 Å². The maximum atomic E-state index is 10.5. The minimum absolute atomic E-state index is 0. The fourth-order valence-corrected chi connectivity index (χ4v) is 1.49. The van der Waals surface area contributed by atoms with Gasteiger partial charge in [-0.25, -0.2) is 0 Å². The molecule has 0 saturated carbocycles. The number of rotatable bonds is 4. The summed E-state index contributed by atoms with van der Waals surface area (Å²) in [6.45, 7) is 7.24. The second kappa shape index (κ2) is 11.1. The summed E-state index contributed by atoms with van der Waals surface area (Å²) in [4.78, 5) is 42.2. The van der Waals surface area contributed by atoms with Crippen molar-refractivity contribution < 1.29 is 49.8 Å². The zero-order valence-electron chi connectivity index (χ0n) is 12.8. The number of allylic oxidation sites excluding steroid dienone is 4. The van der Waals surface area contributed by atoms with Gasteiger partial charge in [0, 0.05) is 11.1 Å². The van der Waals surface area contributed by atoms with Crippen LogP contribution in [0, 0.1) is 0 Å². The molecule has 0 aliphatic heterocycles. The molecular weight excluding hydrogens is 371 g/mol. The molecule has 0 aromatic rings. The third kappa shape index (κ3) is 9.88. The zero-order valence-corrected chi connectivity index (χ0v) is 14.3. The van der Waals surface area contributed by atoms with Gasteiger partial charge in [0.25, 0.3) is 0 Å². The first-order valence-corrected chi connectivity index (χ1v) is 5.72. The average Bonchev–Trinajstić information content (AvgIpc) is 2.12. The Hall–Kier alpha value is -1.58. The topological polar surface area (TPSA) is 114 Å². The molecule has 0 N–H and O–H groups in total. The molecule has 0 saturated heterocycles. The van der Waals surface area contributed by atoms with E-state index < -0.39 is 34.7 Å². The fraction of sp³-hybridized carbons (Fsp3) is 0.429. The Balaban J connectivity index is -0.000000295. The van der Waals surface area contributed by atoms with Gasteiger partial charge in [-0.05, 0) is 27.7 Å². The van der Waals surface area contributed by atoms with Gasteiger partial charge in [0.1, 0.15) is 0 Å². The molecule has 7 heteroatoms. The van der Waals surface area contributed by atoms with E-state index in [2.05, 4.69) is 0 Å². The Labute approximate surface area is 137 Å². The summed E-state index contributed by atoms with van der Waals surface area (Å²) in [6.07, 6.45) is 0. The second-order valence-corrected chi connectivity index (χ2v) is 4.09. The van der Waals surface area contributed by atoms with Crippen molar-refractivity contribution in [1.29, 1.82) is 0 Å². The van der Waals surface area contributed by atoms with Crippen LogP contribution in [-0.4, -0.2) is 23.1 Å². The van der Waals surface area contributed by atoms with Crippen LogP contribution in [0.3, 0.4) is 0 Å². The molecule has 0 aliphatic rings. The second-order valence-electron chi connectivity index (χ2n) is 4.09. The Morgan fingerprint density at radius 1 is 0.524 bits per heavy atom. The summed E-state index contributed by atoms with van der Waals surface area (Å²) in [5.74, 6) is -2.75. The Morgan fingerprint density at radius 2 is 0.667 bits per heavy atom. The van der Waals surface area contributed by atoms with Crippen LogP contribution >= 0.6 is 0 Å². The first-order chi connectivity index (χ1) is 8.93. The van der Waals surface area contributed by atoms with Gasteiger partial charge in [0.15, 0.2) is 23.1 Å². The van der Waals surface area contributed by atoms with Crippen LogP contribution in [0.4, 0.5) is 0 Å². The number of Topliss-reactive ketones (excluding diaryl/α,β-unsaturated/α-hetero) is 4. The van der Waals surface area contributed by atoms with Crippen LogP contribution in [0.15, 0.2) is 22.7 Å². The van der Waals surface area contributed by atoms with E-state index in [-0.39, 0.29) is 31.6 Å². The molecular formula is C14H18O6Pd. The average molecular weight is 389 g/mol. The Bertz CT molecular complexity index is 414. The predicted octanol–water partition coefficient (Wildman–Crippen LogP) is -0.405. The third-order valence-electron chi connectivity index (χ3n) is 2.11. The van der Waals surface area contributed by atoms with Crippen molar-refractivity contribution in [1.82, 2.24) is 0 Å². The summed E-state index contributed by atoms with van der Waals surface area (Å²) in [5, 5.41) is 21.1. The smallest absolute Gasteiger partial charge is 0.875 e. The summed E-state index contributed by atoms with van der Waals surface area (Å²) < 4.78 is 0. The molecule has 120 valence electrons. The molecule has 21 heavy (non-hydrogen) atoms. The third-order valence-corrected chi connectivity index (χ3v) is 2.11. The normalized spacial score (nSPS) is 8.29. The van der Waals surface area contributed by atoms with Crippen molar-refractivity contribution in [2.75, 3.05) is 0 Å². The van der Waals surface area contributed by atoms with Crippen LogP contribution in [0.25, 0.3) is 0 Å². The molecule has 0 rings (SSSR count). The SMILES string of the molecule is CC(=O)C(C(C)=O)=C(C)[O-].CC(=O)C(C(C)=O)=C(C)[O-].[Pd+2]. The number of ketones is 4. The van der Waals surface area contributed by atoms with Gasteiger partial charge in [-0.1, -0.05) is 13.8 Å². The van der Waals surface area contributed by atoms with Crippen LogP contribution in [0.2, 0.25) is 0 Å². The van der Waals surface area contributed by atoms with E-state index in [1.54, 1.807) is 0 Å². The van der Waals surface area contributed by atoms with Crippen molar-refractivity contribution in [3.63, 3.8) is 0 Å². The van der Waals surface area contributed by atoms with Gasteiger partial charge >= 0.3 is 20.4 Å². The van der Waals surface area contributed by atoms with E-state index in [0.29, 0.717) is 0 Å². The monoisotopic (exact) mass is 388 g/mol. The number of carbonyl (C=O) groups is 4. The van der Waals surface area contributed by atoms with E-state index in [1.807, 2.05) is 0 Å². The summed E-state index contributed by atoms with van der Waals surface area (Å²) in [5.41, 5.74) is -0.444. The van der Waals surface area contributed by atoms with Crippen LogP contribution in [0.1, 0.15) is 41.5 Å². The molecule has 0 spiro atoms. The van der Waals surface area contributed by atoms with E-state index in [0.717, 1.165) is 0 Å². The van der Waals surface area contributed by atoms with Crippen molar-refractivity contribution in [2.24, 2.45) is 0 Å². The first-order valence-electron chi connectivity index (χ1n) is 5.72. The van der Waals surface area contributed by atoms with Crippen molar-refractivity contribution in [3.05, 3.63) is 22.7 Å². The Kier molecular flexibility index (Phi) is 12.9. The molecule has 0 aliphatic carbocycles. The van der Waals surface area contributed by atoms with Gasteiger partial charge in [-0.3, -0.25) is 19.2 Å². The number of carbonyl (C=O) groups excluding carboxylic acids is 4. The minimum Gasteiger partial charge on any atom is -0.875 e. The molecule has 0 amide bonds. The van der Waals surface area contributed by atoms with E-state index in [1.165, 1.54) is 41.5 Å². The number of hydrogen-bond acceptors (Lipinski definition) is 6. The van der Waals surface area contributed by atoms with Crippen LogP contribution < -0.4 is 10.2 Å². The van der Waals surface area contributed by atoms with Crippen LogP contribution in [-0.2, 0) is 39.6 Å². The van der Waals surface area contributed by atoms with Gasteiger partial charge in [0.05, 0.1) is 0 Å². The summed E-state index contributed by atoms with van der Waals surface area (Å²) >= 11 is 0. The first kappa shape index (κ1) is 24.4. The maximum absolute atomic E-state index is 10.5. The van der Waals surface area contributed by atoms with Gasteiger partial charge in [-0.15, -0.1) is 11.5 Å². The molecule has 0 radical (unpaired) electrons. The van der Waals surface area contributed by atoms with E-state index in [9.17, 15) is 29.4 Å². The van der Waals surface area contributed by atoms with E-state index in [4.69, 9.17) is 0 Å². The van der Waals surface area contributed by atoms with Crippen molar-refractivity contribution in [3.8, 4) is 0 Å². The standard InChI is InChI=1S/2C7H10O3.Pd/c2*1-4(8)7(5(2)9)6(3)10;/h2*8H,1-3H3;/q;;+2/p-2.